The Labute approximate surface area is 114 Å². The van der Waals surface area contributed by atoms with E-state index in [2.05, 4.69) is 17.3 Å². The molecule has 2 rings (SSSR count). The van der Waals surface area contributed by atoms with Gasteiger partial charge in [-0.1, -0.05) is 6.92 Å². The highest BCUT2D eigenvalue weighted by atomic mass is 16.5. The van der Waals surface area contributed by atoms with Crippen molar-refractivity contribution >= 4 is 5.78 Å². The van der Waals surface area contributed by atoms with Crippen LogP contribution < -0.4 is 5.32 Å². The number of nitrogens with one attached hydrogen (secondary N) is 1. The molecule has 1 fully saturated rings. The summed E-state index contributed by atoms with van der Waals surface area (Å²) in [4.78, 5) is 12.0. The van der Waals surface area contributed by atoms with Crippen LogP contribution in [0.2, 0.25) is 0 Å². The third kappa shape index (κ3) is 4.44. The minimum absolute atomic E-state index is 0.122. The molecule has 0 bridgehead atoms. The normalized spacial score (nSPS) is 16.7. The lowest BCUT2D eigenvalue weighted by Gasteiger charge is -2.22. The van der Waals surface area contributed by atoms with Crippen molar-refractivity contribution in [1.82, 2.24) is 15.1 Å². The van der Waals surface area contributed by atoms with Crippen LogP contribution >= 0.6 is 0 Å². The van der Waals surface area contributed by atoms with Crippen molar-refractivity contribution in [1.29, 1.82) is 0 Å². The summed E-state index contributed by atoms with van der Waals surface area (Å²) in [5.41, 5.74) is 0.697. The van der Waals surface area contributed by atoms with Gasteiger partial charge in [0.25, 0.3) is 0 Å². The smallest absolute Gasteiger partial charge is 0.168 e. The molecule has 0 unspecified atom stereocenters. The first-order valence-electron chi connectivity index (χ1n) is 7.17. The fourth-order valence-electron chi connectivity index (χ4n) is 2.28. The molecule has 0 spiro atoms. The van der Waals surface area contributed by atoms with Crippen molar-refractivity contribution in [3.8, 4) is 0 Å². The first kappa shape index (κ1) is 14.2. The number of ether oxygens (including phenoxy) is 1. The zero-order valence-corrected chi connectivity index (χ0v) is 11.6. The molecular formula is C14H23N3O2. The van der Waals surface area contributed by atoms with Crippen molar-refractivity contribution < 1.29 is 9.53 Å². The Kier molecular flexibility index (Phi) is 5.54. The molecule has 0 amide bonds. The van der Waals surface area contributed by atoms with Crippen LogP contribution in [0.5, 0.6) is 0 Å². The summed E-state index contributed by atoms with van der Waals surface area (Å²) in [6, 6.07) is 0. The number of aromatic nitrogens is 2. The van der Waals surface area contributed by atoms with Gasteiger partial charge in [0.15, 0.2) is 5.78 Å². The second-order valence-electron chi connectivity index (χ2n) is 4.99. The zero-order valence-electron chi connectivity index (χ0n) is 11.6. The Balaban J connectivity index is 1.70. The van der Waals surface area contributed by atoms with Gasteiger partial charge < -0.3 is 10.1 Å². The van der Waals surface area contributed by atoms with Crippen LogP contribution in [0.15, 0.2) is 12.4 Å². The van der Waals surface area contributed by atoms with E-state index in [0.717, 1.165) is 38.9 Å². The van der Waals surface area contributed by atoms with E-state index in [9.17, 15) is 4.79 Å². The molecule has 2 heterocycles. The lowest BCUT2D eigenvalue weighted by Crippen LogP contribution is -2.32. The van der Waals surface area contributed by atoms with E-state index in [1.165, 1.54) is 0 Å². The summed E-state index contributed by atoms with van der Waals surface area (Å²) in [5, 5.41) is 7.47. The molecule has 5 heteroatoms. The molecule has 5 nitrogen and oxygen atoms in total. The van der Waals surface area contributed by atoms with E-state index >= 15 is 0 Å². The highest BCUT2D eigenvalue weighted by Gasteiger charge is 2.14. The molecule has 1 aromatic rings. The number of nitrogens with zero attached hydrogens (tertiary/aromatic N) is 2. The van der Waals surface area contributed by atoms with Crippen molar-refractivity contribution in [2.24, 2.45) is 0 Å². The summed E-state index contributed by atoms with van der Waals surface area (Å²) in [7, 11) is 0. The largest absolute Gasteiger partial charge is 0.378 e. The predicted molar refractivity (Wildman–Crippen MR) is 73.3 cm³/mol. The van der Waals surface area contributed by atoms with Crippen LogP contribution in [-0.4, -0.2) is 41.4 Å². The van der Waals surface area contributed by atoms with Gasteiger partial charge in [0.1, 0.15) is 0 Å². The summed E-state index contributed by atoms with van der Waals surface area (Å²) in [6.07, 6.45) is 7.36. The first-order valence-corrected chi connectivity index (χ1v) is 7.17. The average Bonchev–Trinajstić information content (AvgIpc) is 2.89. The quantitative estimate of drug-likeness (QED) is 0.761. The Morgan fingerprint density at radius 1 is 1.53 bits per heavy atom. The molecule has 0 radical (unpaired) electrons. The van der Waals surface area contributed by atoms with E-state index in [-0.39, 0.29) is 5.78 Å². The van der Waals surface area contributed by atoms with Crippen LogP contribution in [0.25, 0.3) is 0 Å². The van der Waals surface area contributed by atoms with Crippen molar-refractivity contribution in [3.05, 3.63) is 18.0 Å². The lowest BCUT2D eigenvalue weighted by molar-refractivity contribution is 0.0313. The number of Topliss-reactive ketones (excluding diaryl/α,β-unsaturated/α-hetero) is 1. The molecule has 1 N–H and O–H groups in total. The molecule has 1 aromatic heterocycles. The van der Waals surface area contributed by atoms with Crippen LogP contribution in [0.4, 0.5) is 0 Å². The molecule has 1 aliphatic rings. The second kappa shape index (κ2) is 7.40. The topological polar surface area (TPSA) is 56.1 Å². The van der Waals surface area contributed by atoms with E-state index in [1.807, 2.05) is 10.9 Å². The molecule has 0 aliphatic carbocycles. The summed E-state index contributed by atoms with van der Waals surface area (Å²) >= 11 is 0. The number of piperidine rings is 1. The average molecular weight is 265 g/mol. The molecule has 19 heavy (non-hydrogen) atoms. The minimum Gasteiger partial charge on any atom is -0.378 e. The third-order valence-electron chi connectivity index (χ3n) is 3.38. The van der Waals surface area contributed by atoms with Crippen molar-refractivity contribution in [2.75, 3.05) is 19.7 Å². The Hall–Kier alpha value is -1.20. The number of ketones is 1. The Bertz CT molecular complexity index is 397. The number of hydrogen-bond acceptors (Lipinski definition) is 4. The maximum absolute atomic E-state index is 12.0. The predicted octanol–water partition coefficient (Wildman–Crippen LogP) is 1.63. The van der Waals surface area contributed by atoms with E-state index in [0.29, 0.717) is 24.7 Å². The maximum atomic E-state index is 12.0. The molecule has 0 saturated carbocycles. The molecule has 0 atom stereocenters. The standard InChI is InChI=1S/C14H23N3O2/c1-2-8-17-11-12(10-16-17)14(18)5-9-19-13-3-6-15-7-4-13/h10-11,13,15H,2-9H2,1H3. The second-order valence-corrected chi connectivity index (χ2v) is 4.99. The lowest BCUT2D eigenvalue weighted by atomic mass is 10.1. The number of rotatable bonds is 7. The summed E-state index contributed by atoms with van der Waals surface area (Å²) in [5.74, 6) is 0.122. The number of carbonyl (C=O) groups is 1. The van der Waals surface area contributed by atoms with Crippen LogP contribution in [-0.2, 0) is 11.3 Å². The van der Waals surface area contributed by atoms with Crippen molar-refractivity contribution in [2.45, 2.75) is 45.3 Å². The Morgan fingerprint density at radius 2 is 2.32 bits per heavy atom. The van der Waals surface area contributed by atoms with E-state index in [1.54, 1.807) is 6.20 Å². The maximum Gasteiger partial charge on any atom is 0.168 e. The number of hydrogen-bond donors (Lipinski definition) is 1. The number of carbonyl (C=O) groups excluding carboxylic acids is 1. The van der Waals surface area contributed by atoms with Gasteiger partial charge in [-0.05, 0) is 32.4 Å². The van der Waals surface area contributed by atoms with Gasteiger partial charge in [-0.2, -0.15) is 5.10 Å². The van der Waals surface area contributed by atoms with Gasteiger partial charge in [0.05, 0.1) is 24.5 Å². The monoisotopic (exact) mass is 265 g/mol. The van der Waals surface area contributed by atoms with Crippen LogP contribution in [0, 0.1) is 0 Å². The molecule has 1 saturated heterocycles. The van der Waals surface area contributed by atoms with Gasteiger partial charge in [0.2, 0.25) is 0 Å². The van der Waals surface area contributed by atoms with Crippen LogP contribution in [0.3, 0.4) is 0 Å². The van der Waals surface area contributed by atoms with Gasteiger partial charge in [-0.3, -0.25) is 9.48 Å². The fourth-order valence-corrected chi connectivity index (χ4v) is 2.28. The van der Waals surface area contributed by atoms with Gasteiger partial charge in [-0.15, -0.1) is 0 Å². The minimum atomic E-state index is 0.122. The molecule has 0 aromatic carbocycles. The van der Waals surface area contributed by atoms with Gasteiger partial charge in [0, 0.05) is 19.2 Å². The number of aryl methyl sites for hydroxylation is 1. The molecule has 106 valence electrons. The highest BCUT2D eigenvalue weighted by molar-refractivity contribution is 5.95. The van der Waals surface area contributed by atoms with Crippen molar-refractivity contribution in [3.63, 3.8) is 0 Å². The summed E-state index contributed by atoms with van der Waals surface area (Å²) < 4.78 is 7.56. The summed E-state index contributed by atoms with van der Waals surface area (Å²) in [6.45, 7) is 5.50. The molecular weight excluding hydrogens is 242 g/mol. The van der Waals surface area contributed by atoms with Gasteiger partial charge >= 0.3 is 0 Å². The molecule has 1 aliphatic heterocycles. The highest BCUT2D eigenvalue weighted by Crippen LogP contribution is 2.09. The van der Waals surface area contributed by atoms with E-state index in [4.69, 9.17) is 4.74 Å². The fraction of sp³-hybridized carbons (Fsp3) is 0.714. The van der Waals surface area contributed by atoms with Crippen LogP contribution in [0.1, 0.15) is 43.0 Å². The SMILES string of the molecule is CCCn1cc(C(=O)CCOC2CCNCC2)cn1. The zero-order chi connectivity index (χ0) is 13.5. The third-order valence-corrected chi connectivity index (χ3v) is 3.38. The first-order chi connectivity index (χ1) is 9.29. The van der Waals surface area contributed by atoms with E-state index < -0.39 is 0 Å². The Morgan fingerprint density at radius 3 is 3.05 bits per heavy atom. The van der Waals surface area contributed by atoms with Gasteiger partial charge in [-0.25, -0.2) is 0 Å².